The summed E-state index contributed by atoms with van der Waals surface area (Å²) in [6.45, 7) is 4.09. The van der Waals surface area contributed by atoms with E-state index in [1.54, 1.807) is 4.68 Å². The Labute approximate surface area is 65.6 Å². The summed E-state index contributed by atoms with van der Waals surface area (Å²) in [6, 6.07) is 0.140. The Bertz CT molecular complexity index is 186. The van der Waals surface area contributed by atoms with Crippen LogP contribution >= 0.6 is 0 Å². The number of halogens is 1. The molecule has 0 N–H and O–H groups in total. The van der Waals surface area contributed by atoms with Crippen molar-refractivity contribution in [1.29, 1.82) is 0 Å². The van der Waals surface area contributed by atoms with Crippen LogP contribution < -0.4 is 0 Å². The second kappa shape index (κ2) is 3.55. The van der Waals surface area contributed by atoms with Crippen LogP contribution in [0.4, 0.5) is 4.39 Å². The topological polar surface area (TPSA) is 27.7 Å². The normalized spacial score (nSPS) is 22.9. The van der Waals surface area contributed by atoms with Crippen LogP contribution in [0.3, 0.4) is 0 Å². The summed E-state index contributed by atoms with van der Waals surface area (Å²) in [6.07, 6.45) is 1.87. The molecule has 0 aliphatic carbocycles. The molecule has 0 aromatic rings. The zero-order valence-electron chi connectivity index (χ0n) is 6.87. The maximum Gasteiger partial charge on any atom is 0.224 e. The third kappa shape index (κ3) is 2.06. The van der Waals surface area contributed by atoms with Crippen LogP contribution in [0.15, 0.2) is 10.3 Å². The van der Waals surface area contributed by atoms with Crippen molar-refractivity contribution in [3.63, 3.8) is 0 Å². The first-order valence-corrected chi connectivity index (χ1v) is 3.82. The van der Waals surface area contributed by atoms with E-state index in [-0.39, 0.29) is 12.7 Å². The standard InChI is InChI=1S/C7H13FN3/c1-6(2)7-5-11(4-3-8)10-9-7/h5-7H,3-4H2,1-2H3/q+1/i8-1. The Morgan fingerprint density at radius 3 is 2.82 bits per heavy atom. The molecule has 1 atom stereocenters. The van der Waals surface area contributed by atoms with Gasteiger partial charge in [-0.2, -0.15) is 0 Å². The maximum absolute atomic E-state index is 11.8. The molecule has 0 amide bonds. The molecule has 0 spiro atoms. The van der Waals surface area contributed by atoms with Gasteiger partial charge in [-0.15, -0.1) is 4.68 Å². The van der Waals surface area contributed by atoms with E-state index >= 15 is 0 Å². The van der Waals surface area contributed by atoms with Crippen molar-refractivity contribution in [3.8, 4) is 0 Å². The van der Waals surface area contributed by atoms with Crippen LogP contribution in [0, 0.1) is 5.92 Å². The molecule has 62 valence electrons. The second-order valence-electron chi connectivity index (χ2n) is 2.94. The van der Waals surface area contributed by atoms with E-state index in [4.69, 9.17) is 0 Å². The summed E-state index contributed by atoms with van der Waals surface area (Å²) >= 11 is 0. The minimum absolute atomic E-state index is 0.140. The molecule has 1 heterocycles. The average Bonchev–Trinajstić information content (AvgIpc) is 2.37. The molecule has 1 aliphatic heterocycles. The molecular formula is C7H13FN3+. The average molecular weight is 157 g/mol. The van der Waals surface area contributed by atoms with Gasteiger partial charge in [0, 0.05) is 11.0 Å². The van der Waals surface area contributed by atoms with Gasteiger partial charge in [0.1, 0.15) is 24.7 Å². The summed E-state index contributed by atoms with van der Waals surface area (Å²) in [7, 11) is 0. The maximum atomic E-state index is 11.8. The van der Waals surface area contributed by atoms with Crippen molar-refractivity contribution in [3.05, 3.63) is 0 Å². The molecule has 0 aromatic heterocycles. The highest BCUT2D eigenvalue weighted by molar-refractivity contribution is 5.60. The van der Waals surface area contributed by atoms with Crippen molar-refractivity contribution in [2.45, 2.75) is 19.9 Å². The number of nitrogens with zero attached hydrogens (tertiary/aromatic N) is 3. The lowest BCUT2D eigenvalue weighted by atomic mass is 10.1. The first-order valence-electron chi connectivity index (χ1n) is 3.82. The third-order valence-electron chi connectivity index (χ3n) is 1.62. The van der Waals surface area contributed by atoms with Gasteiger partial charge in [-0.3, -0.25) is 0 Å². The summed E-state index contributed by atoms with van der Waals surface area (Å²) in [5, 5.41) is 7.75. The monoisotopic (exact) mass is 157 g/mol. The number of alkyl halides is 1. The van der Waals surface area contributed by atoms with Gasteiger partial charge in [0.15, 0.2) is 0 Å². The molecule has 4 heteroatoms. The van der Waals surface area contributed by atoms with Gasteiger partial charge in [0.05, 0.1) is 0 Å². The molecule has 11 heavy (non-hydrogen) atoms. The predicted octanol–water partition coefficient (Wildman–Crippen LogP) is 1.44. The quantitative estimate of drug-likeness (QED) is 0.554. The lowest BCUT2D eigenvalue weighted by Gasteiger charge is -1.96. The van der Waals surface area contributed by atoms with E-state index in [1.807, 2.05) is 6.21 Å². The molecule has 0 fully saturated rings. The van der Waals surface area contributed by atoms with Gasteiger partial charge in [-0.1, -0.05) is 13.8 Å². The lowest BCUT2D eigenvalue weighted by molar-refractivity contribution is -0.532. The van der Waals surface area contributed by atoms with Gasteiger partial charge >= 0.3 is 0 Å². The minimum atomic E-state index is -0.375. The summed E-state index contributed by atoms with van der Waals surface area (Å²) in [5.74, 6) is 0.448. The molecule has 1 aliphatic rings. The van der Waals surface area contributed by atoms with Gasteiger partial charge in [0.25, 0.3) is 0 Å². The van der Waals surface area contributed by atoms with Crippen LogP contribution in [0.1, 0.15) is 13.8 Å². The second-order valence-corrected chi connectivity index (χ2v) is 2.94. The molecule has 1 unspecified atom stereocenters. The summed E-state index contributed by atoms with van der Waals surface area (Å²) in [5.41, 5.74) is 0. The zero-order valence-corrected chi connectivity index (χ0v) is 6.87. The van der Waals surface area contributed by atoms with Crippen molar-refractivity contribution in [1.82, 2.24) is 0 Å². The van der Waals surface area contributed by atoms with Crippen molar-refractivity contribution in [2.24, 2.45) is 16.3 Å². The Morgan fingerprint density at radius 2 is 2.36 bits per heavy atom. The smallest absolute Gasteiger partial charge is 0.224 e. The van der Waals surface area contributed by atoms with Crippen LogP contribution in [0.5, 0.6) is 0 Å². The fourth-order valence-corrected chi connectivity index (χ4v) is 0.873. The largest absolute Gasteiger partial charge is 0.247 e. The van der Waals surface area contributed by atoms with E-state index in [1.165, 1.54) is 0 Å². The van der Waals surface area contributed by atoms with Crippen molar-refractivity contribution >= 4 is 6.21 Å². The molecular weight excluding hydrogens is 144 g/mol. The molecule has 0 saturated heterocycles. The number of hydrogen-bond donors (Lipinski definition) is 0. The Balaban J connectivity index is 2.49. The van der Waals surface area contributed by atoms with Crippen LogP contribution in [0.25, 0.3) is 0 Å². The lowest BCUT2D eigenvalue weighted by Crippen LogP contribution is -2.16. The van der Waals surface area contributed by atoms with Gasteiger partial charge in [0.2, 0.25) is 6.04 Å². The molecule has 0 saturated carbocycles. The SMILES string of the molecule is CC(C)C1C=[N+](CC[18F])N=N1. The highest BCUT2D eigenvalue weighted by Crippen LogP contribution is 2.08. The minimum Gasteiger partial charge on any atom is -0.247 e. The fourth-order valence-electron chi connectivity index (χ4n) is 0.873. The molecule has 1 rings (SSSR count). The van der Waals surface area contributed by atoms with Crippen LogP contribution in [-0.4, -0.2) is 30.2 Å². The van der Waals surface area contributed by atoms with Crippen molar-refractivity contribution < 1.29 is 9.07 Å². The van der Waals surface area contributed by atoms with E-state index in [0.29, 0.717) is 12.5 Å². The van der Waals surface area contributed by atoms with Crippen molar-refractivity contribution in [2.75, 3.05) is 13.2 Å². The summed E-state index contributed by atoms with van der Waals surface area (Å²) in [4.78, 5) is 0. The van der Waals surface area contributed by atoms with E-state index in [2.05, 4.69) is 24.2 Å². The van der Waals surface area contributed by atoms with Gasteiger partial charge in [-0.25, -0.2) is 4.39 Å². The first-order chi connectivity index (χ1) is 5.24. The summed E-state index contributed by atoms with van der Waals surface area (Å²) < 4.78 is 13.4. The predicted molar refractivity (Wildman–Crippen MR) is 40.6 cm³/mol. The molecule has 3 nitrogen and oxygen atoms in total. The van der Waals surface area contributed by atoms with Gasteiger partial charge < -0.3 is 0 Å². The van der Waals surface area contributed by atoms with E-state index in [0.717, 1.165) is 0 Å². The van der Waals surface area contributed by atoms with Crippen LogP contribution in [0.2, 0.25) is 0 Å². The molecule has 0 aromatic carbocycles. The Morgan fingerprint density at radius 1 is 1.64 bits per heavy atom. The van der Waals surface area contributed by atoms with E-state index in [9.17, 15) is 4.39 Å². The zero-order chi connectivity index (χ0) is 8.27. The highest BCUT2D eigenvalue weighted by atomic mass is 18.2. The number of hydrogen-bond acceptors (Lipinski definition) is 2. The Kier molecular flexibility index (Phi) is 2.68. The van der Waals surface area contributed by atoms with Gasteiger partial charge in [-0.05, 0) is 0 Å². The van der Waals surface area contributed by atoms with E-state index < -0.39 is 0 Å². The molecule has 0 bridgehead atoms. The number of rotatable bonds is 3. The third-order valence-corrected chi connectivity index (χ3v) is 1.62. The Hall–Kier alpha value is -0.800. The first kappa shape index (κ1) is 8.30. The highest BCUT2D eigenvalue weighted by Gasteiger charge is 2.24. The van der Waals surface area contributed by atoms with Crippen LogP contribution in [-0.2, 0) is 0 Å². The molecule has 0 radical (unpaired) electrons. The fraction of sp³-hybridized carbons (Fsp3) is 0.857.